The summed E-state index contributed by atoms with van der Waals surface area (Å²) in [5.74, 6) is 0.00308. The fraction of sp³-hybridized carbons (Fsp3) is 0.846. The number of hydrogen-bond acceptors (Lipinski definition) is 4. The highest BCUT2D eigenvalue weighted by Crippen LogP contribution is 2.13. The molecule has 0 aliphatic rings. The molecule has 1 atom stereocenters. The largest absolute Gasteiger partial charge is 0.508 e. The van der Waals surface area contributed by atoms with Crippen LogP contribution in [0.5, 0.6) is 0 Å². The van der Waals surface area contributed by atoms with E-state index in [-0.39, 0.29) is 18.3 Å². The lowest BCUT2D eigenvalue weighted by atomic mass is 9.95. The number of ketones is 1. The van der Waals surface area contributed by atoms with Crippen molar-refractivity contribution in [2.75, 3.05) is 13.2 Å². The Kier molecular flexibility index (Phi) is 9.49. The molecule has 0 aromatic heterocycles. The molecule has 0 amide bonds. The predicted molar refractivity (Wildman–Crippen MR) is 65.9 cm³/mol. The van der Waals surface area contributed by atoms with Crippen molar-refractivity contribution < 1.29 is 19.1 Å². The van der Waals surface area contributed by atoms with Crippen molar-refractivity contribution in [3.05, 3.63) is 0 Å². The molecule has 0 rings (SSSR count). The van der Waals surface area contributed by atoms with Crippen LogP contribution < -0.4 is 0 Å². The first kappa shape index (κ1) is 15.9. The molecule has 0 radical (unpaired) electrons. The maximum Gasteiger partial charge on any atom is 0.508 e. The molecule has 4 nitrogen and oxygen atoms in total. The Labute approximate surface area is 104 Å². The molecular weight excluding hydrogens is 220 g/mol. The summed E-state index contributed by atoms with van der Waals surface area (Å²) in [5, 5.41) is 0. The summed E-state index contributed by atoms with van der Waals surface area (Å²) in [6.45, 7) is 6.14. The molecule has 0 bridgehead atoms. The fourth-order valence-corrected chi connectivity index (χ4v) is 1.52. The van der Waals surface area contributed by atoms with Gasteiger partial charge in [-0.15, -0.1) is 0 Å². The Morgan fingerprint density at radius 1 is 1.06 bits per heavy atom. The van der Waals surface area contributed by atoms with Crippen molar-refractivity contribution >= 4 is 11.9 Å². The number of ether oxygens (including phenoxy) is 2. The van der Waals surface area contributed by atoms with Crippen molar-refractivity contribution in [1.82, 2.24) is 0 Å². The number of rotatable bonds is 9. The lowest BCUT2D eigenvalue weighted by Gasteiger charge is -2.13. The Morgan fingerprint density at radius 2 is 1.76 bits per heavy atom. The van der Waals surface area contributed by atoms with Gasteiger partial charge in [-0.3, -0.25) is 4.79 Å². The highest BCUT2D eigenvalue weighted by atomic mass is 16.7. The molecule has 0 N–H and O–H groups in total. The molecule has 4 heteroatoms. The van der Waals surface area contributed by atoms with Gasteiger partial charge >= 0.3 is 6.16 Å². The molecule has 0 heterocycles. The van der Waals surface area contributed by atoms with Gasteiger partial charge in [0.1, 0.15) is 0 Å². The minimum atomic E-state index is -0.745. The highest BCUT2D eigenvalue weighted by molar-refractivity contribution is 5.83. The van der Waals surface area contributed by atoms with E-state index in [4.69, 9.17) is 9.47 Å². The van der Waals surface area contributed by atoms with Gasteiger partial charge < -0.3 is 9.47 Å². The van der Waals surface area contributed by atoms with Crippen LogP contribution in [-0.4, -0.2) is 25.2 Å². The van der Waals surface area contributed by atoms with E-state index in [1.165, 1.54) is 0 Å². The third-order valence-electron chi connectivity index (χ3n) is 2.61. The van der Waals surface area contributed by atoms with Crippen LogP contribution in [-0.2, 0) is 14.3 Å². The van der Waals surface area contributed by atoms with Crippen molar-refractivity contribution in [2.24, 2.45) is 5.92 Å². The Hall–Kier alpha value is -1.06. The van der Waals surface area contributed by atoms with Gasteiger partial charge in [-0.1, -0.05) is 33.6 Å². The molecule has 17 heavy (non-hydrogen) atoms. The topological polar surface area (TPSA) is 52.6 Å². The van der Waals surface area contributed by atoms with Gasteiger partial charge in [-0.2, -0.15) is 0 Å². The highest BCUT2D eigenvalue weighted by Gasteiger charge is 2.17. The first-order valence-electron chi connectivity index (χ1n) is 6.47. The third kappa shape index (κ3) is 7.77. The second-order valence-corrected chi connectivity index (χ2v) is 4.10. The van der Waals surface area contributed by atoms with Crippen LogP contribution >= 0.6 is 0 Å². The molecule has 0 aromatic carbocycles. The SMILES string of the molecule is CCCCC(CC)C(=O)COC(=O)OCCC. The van der Waals surface area contributed by atoms with Crippen LogP contribution in [0.4, 0.5) is 4.79 Å². The Bertz CT molecular complexity index is 225. The first-order valence-corrected chi connectivity index (χ1v) is 6.47. The maximum absolute atomic E-state index is 11.7. The molecule has 0 saturated carbocycles. The van der Waals surface area contributed by atoms with Gasteiger partial charge in [0.05, 0.1) is 6.61 Å². The Morgan fingerprint density at radius 3 is 2.29 bits per heavy atom. The van der Waals surface area contributed by atoms with Crippen molar-refractivity contribution in [1.29, 1.82) is 0 Å². The second kappa shape index (κ2) is 10.1. The molecular formula is C13H24O4. The average molecular weight is 244 g/mol. The van der Waals surface area contributed by atoms with Gasteiger partial charge in [0.25, 0.3) is 0 Å². The third-order valence-corrected chi connectivity index (χ3v) is 2.61. The van der Waals surface area contributed by atoms with Crippen LogP contribution in [0.3, 0.4) is 0 Å². The molecule has 0 spiro atoms. The number of hydrogen-bond donors (Lipinski definition) is 0. The minimum absolute atomic E-state index is 0.00519. The summed E-state index contributed by atoms with van der Waals surface area (Å²) < 4.78 is 9.48. The van der Waals surface area contributed by atoms with E-state index in [9.17, 15) is 9.59 Å². The van der Waals surface area contributed by atoms with Gasteiger partial charge in [0, 0.05) is 5.92 Å². The lowest BCUT2D eigenvalue weighted by Crippen LogP contribution is -2.22. The second-order valence-electron chi connectivity index (χ2n) is 4.10. The van der Waals surface area contributed by atoms with Crippen molar-refractivity contribution in [2.45, 2.75) is 52.9 Å². The van der Waals surface area contributed by atoms with E-state index in [1.54, 1.807) is 0 Å². The van der Waals surface area contributed by atoms with E-state index in [0.29, 0.717) is 6.61 Å². The van der Waals surface area contributed by atoms with Gasteiger partial charge in [0.2, 0.25) is 0 Å². The average Bonchev–Trinajstić information content (AvgIpc) is 2.34. The van der Waals surface area contributed by atoms with Crippen LogP contribution in [0.15, 0.2) is 0 Å². The van der Waals surface area contributed by atoms with Crippen LogP contribution in [0.2, 0.25) is 0 Å². The summed E-state index contributed by atoms with van der Waals surface area (Å²) in [4.78, 5) is 22.8. The minimum Gasteiger partial charge on any atom is -0.434 e. The number of unbranched alkanes of at least 4 members (excludes halogenated alkanes) is 1. The molecule has 0 aliphatic heterocycles. The zero-order valence-corrected chi connectivity index (χ0v) is 11.2. The quantitative estimate of drug-likeness (QED) is 0.584. The summed E-state index contributed by atoms with van der Waals surface area (Å²) in [5.41, 5.74) is 0. The zero-order chi connectivity index (χ0) is 13.1. The molecule has 1 unspecified atom stereocenters. The summed E-state index contributed by atoms with van der Waals surface area (Å²) >= 11 is 0. The molecule has 0 saturated heterocycles. The standard InChI is InChI=1S/C13H24O4/c1-4-7-8-11(6-3)12(14)10-17-13(15)16-9-5-2/h11H,4-10H2,1-3H3. The summed E-state index contributed by atoms with van der Waals surface area (Å²) in [6.07, 6.45) is 3.78. The van der Waals surface area contributed by atoms with E-state index in [2.05, 4.69) is 6.92 Å². The smallest absolute Gasteiger partial charge is 0.434 e. The summed E-state index contributed by atoms with van der Waals surface area (Å²) in [6, 6.07) is 0. The zero-order valence-electron chi connectivity index (χ0n) is 11.2. The van der Waals surface area contributed by atoms with Gasteiger partial charge in [0.15, 0.2) is 12.4 Å². The number of carbonyl (C=O) groups excluding carboxylic acids is 2. The first-order chi connectivity index (χ1) is 8.15. The van der Waals surface area contributed by atoms with Gasteiger partial charge in [-0.25, -0.2) is 4.79 Å². The fourth-order valence-electron chi connectivity index (χ4n) is 1.52. The molecule has 100 valence electrons. The Balaban J connectivity index is 3.85. The van der Waals surface area contributed by atoms with E-state index >= 15 is 0 Å². The van der Waals surface area contributed by atoms with Crippen molar-refractivity contribution in [3.63, 3.8) is 0 Å². The molecule has 0 aliphatic carbocycles. The van der Waals surface area contributed by atoms with Crippen LogP contribution in [0.25, 0.3) is 0 Å². The van der Waals surface area contributed by atoms with Crippen LogP contribution in [0, 0.1) is 5.92 Å². The van der Waals surface area contributed by atoms with Crippen LogP contribution in [0.1, 0.15) is 52.9 Å². The molecule has 0 aromatic rings. The predicted octanol–water partition coefficient (Wildman–Crippen LogP) is 3.34. The number of carbonyl (C=O) groups is 2. The van der Waals surface area contributed by atoms with Crippen molar-refractivity contribution in [3.8, 4) is 0 Å². The maximum atomic E-state index is 11.7. The van der Waals surface area contributed by atoms with E-state index < -0.39 is 6.16 Å². The van der Waals surface area contributed by atoms with Gasteiger partial charge in [-0.05, 0) is 19.3 Å². The lowest BCUT2D eigenvalue weighted by molar-refractivity contribution is -0.127. The summed E-state index contributed by atoms with van der Waals surface area (Å²) in [7, 11) is 0. The van der Waals surface area contributed by atoms with E-state index in [0.717, 1.165) is 32.1 Å². The monoisotopic (exact) mass is 244 g/mol. The molecule has 0 fully saturated rings. The number of Topliss-reactive ketones (excluding diaryl/α,β-unsaturated/α-hetero) is 1. The normalized spacial score (nSPS) is 11.9. The van der Waals surface area contributed by atoms with E-state index in [1.807, 2.05) is 13.8 Å².